The molecule has 0 unspecified atom stereocenters. The number of anilines is 1. The zero-order chi connectivity index (χ0) is 19.4. The normalized spacial score (nSPS) is 16.5. The van der Waals surface area contributed by atoms with Gasteiger partial charge in [0.2, 0.25) is 11.8 Å². The van der Waals surface area contributed by atoms with Gasteiger partial charge in [0, 0.05) is 12.2 Å². The average Bonchev–Trinajstić information content (AvgIpc) is 2.67. The number of rotatable bonds is 5. The number of hydrogen-bond acceptors (Lipinski definition) is 3. The fraction of sp³-hybridized carbons (Fsp3) is 0.364. The summed E-state index contributed by atoms with van der Waals surface area (Å²) in [5.41, 5.74) is 4.35. The number of nitrogens with one attached hydrogen (secondary N) is 3. The predicted molar refractivity (Wildman–Crippen MR) is 115 cm³/mol. The molecule has 0 saturated heterocycles. The van der Waals surface area contributed by atoms with Crippen molar-refractivity contribution >= 4 is 29.9 Å². The van der Waals surface area contributed by atoms with Gasteiger partial charge in [-0.15, -0.1) is 12.4 Å². The molecule has 0 bridgehead atoms. The number of carbonyl (C=O) groups is 2. The van der Waals surface area contributed by atoms with Crippen LogP contribution in [0.15, 0.2) is 48.5 Å². The van der Waals surface area contributed by atoms with Crippen molar-refractivity contribution in [3.63, 3.8) is 0 Å². The molecule has 0 saturated carbocycles. The van der Waals surface area contributed by atoms with E-state index in [0.717, 1.165) is 5.69 Å². The van der Waals surface area contributed by atoms with Crippen molar-refractivity contribution in [3.8, 4) is 0 Å². The molecule has 2 aromatic carbocycles. The van der Waals surface area contributed by atoms with Crippen molar-refractivity contribution in [3.05, 3.63) is 65.2 Å². The average molecular weight is 402 g/mol. The first-order valence-electron chi connectivity index (χ1n) is 9.45. The highest BCUT2D eigenvalue weighted by molar-refractivity contribution is 5.97. The highest BCUT2D eigenvalue weighted by atomic mass is 35.5. The second-order valence-electron chi connectivity index (χ2n) is 7.40. The number of halogens is 1. The first kappa shape index (κ1) is 21.9. The van der Waals surface area contributed by atoms with Gasteiger partial charge < -0.3 is 16.0 Å². The largest absolute Gasteiger partial charge is 0.343 e. The molecule has 1 aliphatic heterocycles. The van der Waals surface area contributed by atoms with E-state index in [2.05, 4.69) is 35.9 Å². The van der Waals surface area contributed by atoms with Crippen LogP contribution in [-0.4, -0.2) is 23.9 Å². The van der Waals surface area contributed by atoms with Crippen LogP contribution in [0.5, 0.6) is 0 Å². The molecule has 0 aliphatic carbocycles. The Bertz CT molecular complexity index is 821. The van der Waals surface area contributed by atoms with Crippen LogP contribution in [0.2, 0.25) is 0 Å². The summed E-state index contributed by atoms with van der Waals surface area (Å²) in [4.78, 5) is 24.9. The topological polar surface area (TPSA) is 70.2 Å². The minimum Gasteiger partial charge on any atom is -0.343 e. The van der Waals surface area contributed by atoms with Crippen LogP contribution in [-0.2, 0) is 22.6 Å². The summed E-state index contributed by atoms with van der Waals surface area (Å²) in [6, 6.07) is 15.0. The fourth-order valence-corrected chi connectivity index (χ4v) is 3.22. The molecule has 5 nitrogen and oxygen atoms in total. The maximum Gasteiger partial charge on any atom is 0.246 e. The van der Waals surface area contributed by atoms with Gasteiger partial charge in [-0.2, -0.15) is 0 Å². The zero-order valence-electron chi connectivity index (χ0n) is 16.5. The Hall–Kier alpha value is -2.37. The van der Waals surface area contributed by atoms with Crippen molar-refractivity contribution < 1.29 is 9.59 Å². The minimum absolute atomic E-state index is 0. The smallest absolute Gasteiger partial charge is 0.246 e. The lowest BCUT2D eigenvalue weighted by Gasteiger charge is -2.26. The Morgan fingerprint density at radius 1 is 1.00 bits per heavy atom. The van der Waals surface area contributed by atoms with Crippen molar-refractivity contribution in [2.75, 3.05) is 5.32 Å². The number of carbonyl (C=O) groups excluding carboxylic acids is 2. The molecule has 2 amide bonds. The summed E-state index contributed by atoms with van der Waals surface area (Å²) in [5.74, 6) is 0.0697. The van der Waals surface area contributed by atoms with Crippen molar-refractivity contribution in [2.24, 2.45) is 0 Å². The van der Waals surface area contributed by atoms with Crippen LogP contribution < -0.4 is 16.0 Å². The number of benzene rings is 2. The second-order valence-corrected chi connectivity index (χ2v) is 7.40. The van der Waals surface area contributed by atoms with Gasteiger partial charge in [-0.05, 0) is 48.1 Å². The lowest BCUT2D eigenvalue weighted by Crippen LogP contribution is -2.52. The third-order valence-corrected chi connectivity index (χ3v) is 4.99. The van der Waals surface area contributed by atoms with Crippen molar-refractivity contribution in [2.45, 2.75) is 51.7 Å². The van der Waals surface area contributed by atoms with Crippen molar-refractivity contribution in [1.82, 2.24) is 10.6 Å². The van der Waals surface area contributed by atoms with Gasteiger partial charge in [-0.3, -0.25) is 9.59 Å². The molecule has 0 spiro atoms. The summed E-state index contributed by atoms with van der Waals surface area (Å²) in [5, 5.41) is 8.92. The number of hydrogen-bond donors (Lipinski definition) is 3. The number of amides is 2. The summed E-state index contributed by atoms with van der Waals surface area (Å²) in [6.45, 7) is 6.62. The second kappa shape index (κ2) is 9.71. The molecule has 0 aromatic heterocycles. The monoisotopic (exact) mass is 401 g/mol. The highest BCUT2D eigenvalue weighted by Crippen LogP contribution is 2.18. The van der Waals surface area contributed by atoms with Gasteiger partial charge in [0.05, 0.1) is 6.04 Å². The molecule has 6 heteroatoms. The Labute approximate surface area is 172 Å². The standard InChI is InChI=1S/C22H27N3O2.ClH/c1-14(2)16-8-10-19(11-9-16)25-21(26)15(3)24-22(27)20-12-17-6-4-5-7-18(17)13-23-20;/h4-11,14-15,20,23H,12-13H2,1-3H3,(H,24,27)(H,25,26);1H/t15-,20+;/m1./s1. The highest BCUT2D eigenvalue weighted by Gasteiger charge is 2.26. The molecule has 2 atom stereocenters. The fourth-order valence-electron chi connectivity index (χ4n) is 3.22. The molecule has 0 fully saturated rings. The summed E-state index contributed by atoms with van der Waals surface area (Å²) in [7, 11) is 0. The van der Waals surface area contributed by atoms with Gasteiger partial charge in [0.1, 0.15) is 6.04 Å². The van der Waals surface area contributed by atoms with E-state index in [0.29, 0.717) is 18.9 Å². The van der Waals surface area contributed by atoms with E-state index in [9.17, 15) is 9.59 Å². The summed E-state index contributed by atoms with van der Waals surface area (Å²) < 4.78 is 0. The maximum absolute atomic E-state index is 12.5. The van der Waals surface area contributed by atoms with Gasteiger partial charge in [-0.25, -0.2) is 0 Å². The molecule has 2 aromatic rings. The molecule has 1 aliphatic rings. The molecule has 1 heterocycles. The molecular formula is C22H28ClN3O2. The zero-order valence-corrected chi connectivity index (χ0v) is 17.3. The van der Waals surface area contributed by atoms with Crippen LogP contribution >= 0.6 is 12.4 Å². The van der Waals surface area contributed by atoms with E-state index in [1.54, 1.807) is 6.92 Å². The SMILES string of the molecule is CC(C)c1ccc(NC(=O)[C@@H](C)NC(=O)[C@@H]2Cc3ccccc3CN2)cc1.Cl. The Kier molecular flexibility index (Phi) is 7.61. The Morgan fingerprint density at radius 3 is 2.29 bits per heavy atom. The molecular weight excluding hydrogens is 374 g/mol. The molecule has 150 valence electrons. The predicted octanol–water partition coefficient (Wildman–Crippen LogP) is 3.39. The number of fused-ring (bicyclic) bond motifs is 1. The van der Waals surface area contributed by atoms with Crippen LogP contribution in [0.1, 0.15) is 43.4 Å². The van der Waals surface area contributed by atoms with Crippen LogP contribution in [0.3, 0.4) is 0 Å². The summed E-state index contributed by atoms with van der Waals surface area (Å²) in [6.07, 6.45) is 0.632. The Balaban J connectivity index is 0.00000280. The van der Waals surface area contributed by atoms with E-state index >= 15 is 0 Å². The van der Waals surface area contributed by atoms with E-state index in [1.165, 1.54) is 16.7 Å². The summed E-state index contributed by atoms with van der Waals surface area (Å²) >= 11 is 0. The quantitative estimate of drug-likeness (QED) is 0.719. The van der Waals surface area contributed by atoms with E-state index in [1.807, 2.05) is 42.5 Å². The van der Waals surface area contributed by atoms with Crippen molar-refractivity contribution in [1.29, 1.82) is 0 Å². The molecule has 3 N–H and O–H groups in total. The first-order chi connectivity index (χ1) is 12.9. The van der Waals surface area contributed by atoms with Gasteiger partial charge in [0.15, 0.2) is 0 Å². The first-order valence-corrected chi connectivity index (χ1v) is 9.45. The van der Waals surface area contributed by atoms with E-state index in [-0.39, 0.29) is 30.3 Å². The van der Waals surface area contributed by atoms with Gasteiger partial charge >= 0.3 is 0 Å². The van der Waals surface area contributed by atoms with E-state index in [4.69, 9.17) is 0 Å². The van der Waals surface area contributed by atoms with Gasteiger partial charge in [0.25, 0.3) is 0 Å². The molecule has 28 heavy (non-hydrogen) atoms. The van der Waals surface area contributed by atoms with Crippen LogP contribution in [0, 0.1) is 0 Å². The lowest BCUT2D eigenvalue weighted by atomic mass is 9.95. The molecule has 0 radical (unpaired) electrons. The minimum atomic E-state index is -0.610. The van der Waals surface area contributed by atoms with E-state index < -0.39 is 6.04 Å². The third-order valence-electron chi connectivity index (χ3n) is 4.99. The third kappa shape index (κ3) is 5.33. The maximum atomic E-state index is 12.5. The van der Waals surface area contributed by atoms with Gasteiger partial charge in [-0.1, -0.05) is 50.2 Å². The van der Waals surface area contributed by atoms with Crippen LogP contribution in [0.4, 0.5) is 5.69 Å². The van der Waals surface area contributed by atoms with Crippen LogP contribution in [0.25, 0.3) is 0 Å². The molecule has 3 rings (SSSR count). The lowest BCUT2D eigenvalue weighted by molar-refractivity contribution is -0.127. The Morgan fingerprint density at radius 2 is 1.64 bits per heavy atom.